The molecule has 1 aromatic heterocycles. The first-order valence-corrected chi connectivity index (χ1v) is 8.84. The number of hydrogen-bond donors (Lipinski definition) is 1. The Labute approximate surface area is 167 Å². The molecule has 0 fully saturated rings. The number of nitrogens with zero attached hydrogens (tertiary/aromatic N) is 2. The van der Waals surface area contributed by atoms with Crippen LogP contribution < -0.4 is 25.2 Å². The van der Waals surface area contributed by atoms with E-state index >= 15 is 0 Å². The van der Waals surface area contributed by atoms with Crippen LogP contribution in [0.5, 0.6) is 17.2 Å². The van der Waals surface area contributed by atoms with Crippen molar-refractivity contribution in [2.75, 3.05) is 26.6 Å². The van der Waals surface area contributed by atoms with Crippen molar-refractivity contribution in [1.82, 2.24) is 9.13 Å². The Morgan fingerprint density at radius 1 is 0.931 bits per heavy atom. The summed E-state index contributed by atoms with van der Waals surface area (Å²) in [6, 6.07) is 8.83. The fourth-order valence-electron chi connectivity index (χ4n) is 3.19. The predicted octanol–water partition coefficient (Wildman–Crippen LogP) is 2.55. The molecule has 3 aromatic rings. The van der Waals surface area contributed by atoms with Crippen molar-refractivity contribution in [1.29, 1.82) is 0 Å². The average molecular weight is 397 g/mol. The molecule has 0 aliphatic rings. The smallest absolute Gasteiger partial charge is 0.328 e. The predicted molar refractivity (Wildman–Crippen MR) is 112 cm³/mol. The minimum atomic E-state index is -0.317. The van der Waals surface area contributed by atoms with Crippen LogP contribution in [0.1, 0.15) is 5.56 Å². The summed E-state index contributed by atoms with van der Waals surface area (Å²) >= 11 is 0. The van der Waals surface area contributed by atoms with Crippen LogP contribution in [-0.2, 0) is 18.9 Å². The molecule has 29 heavy (non-hydrogen) atoms. The van der Waals surface area contributed by atoms with Crippen molar-refractivity contribution in [3.63, 3.8) is 0 Å². The number of anilines is 1. The molecule has 152 valence electrons. The average Bonchev–Trinajstić information content (AvgIpc) is 2.95. The number of methoxy groups -OCH3 is 3. The second kappa shape index (κ2) is 8.14. The van der Waals surface area contributed by atoms with Crippen LogP contribution in [0.25, 0.3) is 17.1 Å². The highest BCUT2D eigenvalue weighted by Gasteiger charge is 2.14. The fraction of sp³-hybridized carbons (Fsp3) is 0.238. The van der Waals surface area contributed by atoms with E-state index < -0.39 is 0 Å². The van der Waals surface area contributed by atoms with E-state index in [2.05, 4.69) is 5.32 Å². The van der Waals surface area contributed by atoms with Gasteiger partial charge in [0.15, 0.2) is 11.5 Å². The van der Waals surface area contributed by atoms with E-state index in [9.17, 15) is 9.59 Å². The first-order valence-electron chi connectivity index (χ1n) is 8.84. The van der Waals surface area contributed by atoms with Gasteiger partial charge in [-0.15, -0.1) is 0 Å². The Bertz CT molecular complexity index is 1160. The lowest BCUT2D eigenvalue weighted by molar-refractivity contribution is -0.111. The Hall–Kier alpha value is -3.68. The van der Waals surface area contributed by atoms with Gasteiger partial charge in [0.2, 0.25) is 11.7 Å². The van der Waals surface area contributed by atoms with E-state index in [0.29, 0.717) is 28.5 Å². The Balaban J connectivity index is 1.84. The lowest BCUT2D eigenvalue weighted by atomic mass is 10.1. The van der Waals surface area contributed by atoms with Crippen molar-refractivity contribution in [3.05, 3.63) is 52.5 Å². The number of fused-ring (bicyclic) bond motifs is 1. The summed E-state index contributed by atoms with van der Waals surface area (Å²) in [5.74, 6) is 1.14. The highest BCUT2D eigenvalue weighted by molar-refractivity contribution is 6.03. The third-order valence-corrected chi connectivity index (χ3v) is 4.69. The third kappa shape index (κ3) is 3.69. The number of imidazole rings is 1. The number of carbonyl (C=O) groups excluding carboxylic acids is 1. The number of ether oxygens (including phenoxy) is 3. The van der Waals surface area contributed by atoms with Crippen LogP contribution in [-0.4, -0.2) is 36.4 Å². The molecule has 0 atom stereocenters. The first kappa shape index (κ1) is 20.1. The maximum atomic E-state index is 12.4. The molecular formula is C21H23N3O5. The molecule has 0 unspecified atom stereocenters. The van der Waals surface area contributed by atoms with E-state index in [1.807, 2.05) is 0 Å². The van der Waals surface area contributed by atoms with E-state index in [1.54, 1.807) is 62.2 Å². The van der Waals surface area contributed by atoms with E-state index in [4.69, 9.17) is 14.2 Å². The first-order chi connectivity index (χ1) is 13.9. The lowest BCUT2D eigenvalue weighted by Gasteiger charge is -2.14. The number of carbonyl (C=O) groups is 1. The van der Waals surface area contributed by atoms with Crippen LogP contribution in [0.15, 0.2) is 41.2 Å². The Morgan fingerprint density at radius 3 is 2.28 bits per heavy atom. The number of hydrogen-bond acceptors (Lipinski definition) is 5. The zero-order valence-corrected chi connectivity index (χ0v) is 17.0. The summed E-state index contributed by atoms with van der Waals surface area (Å²) in [7, 11) is 7.99. The molecule has 0 saturated carbocycles. The second-order valence-electron chi connectivity index (χ2n) is 6.35. The standard InChI is InChI=1S/C21H23N3O5/c1-23-15-9-8-14(12-16(15)24(2)21(23)26)22-18(25)11-7-13-6-10-17(27-3)20(29-5)19(13)28-4/h6-12H,1-5H3,(H,22,25)/b11-7+. The monoisotopic (exact) mass is 397 g/mol. The molecule has 0 radical (unpaired) electrons. The Kier molecular flexibility index (Phi) is 5.63. The van der Waals surface area contributed by atoms with Gasteiger partial charge in [0.25, 0.3) is 0 Å². The number of aromatic nitrogens is 2. The minimum absolute atomic E-state index is 0.121. The summed E-state index contributed by atoms with van der Waals surface area (Å²) in [6.45, 7) is 0. The van der Waals surface area contributed by atoms with Crippen LogP contribution in [0.4, 0.5) is 5.69 Å². The molecule has 8 heteroatoms. The maximum Gasteiger partial charge on any atom is 0.328 e. The van der Waals surface area contributed by atoms with Gasteiger partial charge in [0.1, 0.15) is 0 Å². The van der Waals surface area contributed by atoms with Gasteiger partial charge in [0.05, 0.1) is 32.4 Å². The van der Waals surface area contributed by atoms with E-state index in [1.165, 1.54) is 24.9 Å². The van der Waals surface area contributed by atoms with Gasteiger partial charge in [-0.3, -0.25) is 13.9 Å². The zero-order chi connectivity index (χ0) is 21.1. The lowest BCUT2D eigenvalue weighted by Crippen LogP contribution is -2.19. The summed E-state index contributed by atoms with van der Waals surface area (Å²) < 4.78 is 19.1. The van der Waals surface area contributed by atoms with Gasteiger partial charge in [-0.05, 0) is 36.4 Å². The normalized spacial score (nSPS) is 11.1. The summed E-state index contributed by atoms with van der Waals surface area (Å²) in [4.78, 5) is 24.4. The van der Waals surface area contributed by atoms with Crippen molar-refractivity contribution < 1.29 is 19.0 Å². The van der Waals surface area contributed by atoms with Crippen molar-refractivity contribution in [3.8, 4) is 17.2 Å². The van der Waals surface area contributed by atoms with Gasteiger partial charge >= 0.3 is 5.69 Å². The molecule has 0 spiro atoms. The van der Waals surface area contributed by atoms with Gasteiger partial charge in [-0.2, -0.15) is 0 Å². The van der Waals surface area contributed by atoms with Crippen molar-refractivity contribution in [2.24, 2.45) is 14.1 Å². The third-order valence-electron chi connectivity index (χ3n) is 4.69. The zero-order valence-electron chi connectivity index (χ0n) is 17.0. The van der Waals surface area contributed by atoms with Crippen LogP contribution >= 0.6 is 0 Å². The van der Waals surface area contributed by atoms with Crippen molar-refractivity contribution >= 4 is 28.7 Å². The van der Waals surface area contributed by atoms with Gasteiger partial charge in [0, 0.05) is 31.4 Å². The molecule has 2 aromatic carbocycles. The largest absolute Gasteiger partial charge is 0.493 e. The van der Waals surface area contributed by atoms with Crippen LogP contribution in [0.3, 0.4) is 0 Å². The van der Waals surface area contributed by atoms with Gasteiger partial charge < -0.3 is 19.5 Å². The highest BCUT2D eigenvalue weighted by Crippen LogP contribution is 2.40. The molecule has 0 aliphatic carbocycles. The Morgan fingerprint density at radius 2 is 1.62 bits per heavy atom. The van der Waals surface area contributed by atoms with E-state index in [-0.39, 0.29) is 11.6 Å². The SMILES string of the molecule is COc1ccc(/C=C/C(=O)Nc2ccc3c(c2)n(C)c(=O)n3C)c(OC)c1OC. The summed E-state index contributed by atoms with van der Waals surface area (Å²) in [6.07, 6.45) is 3.03. The molecule has 0 bridgehead atoms. The number of nitrogens with one attached hydrogen (secondary N) is 1. The molecule has 8 nitrogen and oxygen atoms in total. The van der Waals surface area contributed by atoms with Crippen LogP contribution in [0, 0.1) is 0 Å². The van der Waals surface area contributed by atoms with Gasteiger partial charge in [-0.1, -0.05) is 0 Å². The molecule has 1 heterocycles. The highest BCUT2D eigenvalue weighted by atomic mass is 16.5. The minimum Gasteiger partial charge on any atom is -0.493 e. The number of rotatable bonds is 6. The fourth-order valence-corrected chi connectivity index (χ4v) is 3.19. The summed E-state index contributed by atoms with van der Waals surface area (Å²) in [5.41, 5.74) is 2.67. The topological polar surface area (TPSA) is 83.7 Å². The quantitative estimate of drug-likeness (QED) is 0.647. The maximum absolute atomic E-state index is 12.4. The van der Waals surface area contributed by atoms with E-state index in [0.717, 1.165) is 11.0 Å². The molecular weight excluding hydrogens is 374 g/mol. The number of aryl methyl sites for hydroxylation is 2. The molecule has 1 amide bonds. The number of amides is 1. The van der Waals surface area contributed by atoms with Crippen LogP contribution in [0.2, 0.25) is 0 Å². The van der Waals surface area contributed by atoms with Gasteiger partial charge in [-0.25, -0.2) is 4.79 Å². The molecule has 0 aliphatic heterocycles. The summed E-state index contributed by atoms with van der Waals surface area (Å²) in [5, 5.41) is 2.80. The number of benzene rings is 2. The molecule has 1 N–H and O–H groups in total. The second-order valence-corrected chi connectivity index (χ2v) is 6.35. The molecule has 3 rings (SSSR count). The van der Waals surface area contributed by atoms with Crippen molar-refractivity contribution in [2.45, 2.75) is 0 Å². The molecule has 0 saturated heterocycles.